The smallest absolute Gasteiger partial charge is 0.165 e. The number of anilines is 1. The first-order valence-corrected chi connectivity index (χ1v) is 8.76. The van der Waals surface area contributed by atoms with Crippen molar-refractivity contribution < 1.29 is 13.9 Å². The molecule has 7 nitrogen and oxygen atoms in total. The highest BCUT2D eigenvalue weighted by Crippen LogP contribution is 2.28. The number of nitrogens with zero attached hydrogens (tertiary/aromatic N) is 3. The zero-order valence-corrected chi connectivity index (χ0v) is 16.4. The van der Waals surface area contributed by atoms with Crippen molar-refractivity contribution in [2.45, 2.75) is 6.10 Å². The molecule has 2 aromatic heterocycles. The van der Waals surface area contributed by atoms with Gasteiger partial charge in [-0.2, -0.15) is 13.5 Å². The Balaban J connectivity index is 0.00000225. The quantitative estimate of drug-likeness (QED) is 0.677. The summed E-state index contributed by atoms with van der Waals surface area (Å²) in [6.45, 7) is 2.92. The van der Waals surface area contributed by atoms with Crippen LogP contribution in [0.3, 0.4) is 0 Å². The van der Waals surface area contributed by atoms with Gasteiger partial charge >= 0.3 is 0 Å². The molecule has 1 aliphatic rings. The maximum absolute atomic E-state index is 14.1. The van der Waals surface area contributed by atoms with Gasteiger partial charge in [0, 0.05) is 37.6 Å². The van der Waals surface area contributed by atoms with E-state index in [1.54, 1.807) is 30.6 Å². The number of benzene rings is 1. The Morgan fingerprint density at radius 2 is 2.14 bits per heavy atom. The lowest BCUT2D eigenvalue weighted by Gasteiger charge is -2.24. The Hall–Kier alpha value is -2.49. The third-order valence-electron chi connectivity index (χ3n) is 4.41. The van der Waals surface area contributed by atoms with Crippen molar-refractivity contribution in [2.24, 2.45) is 0 Å². The van der Waals surface area contributed by atoms with Crippen LogP contribution in [-0.2, 0) is 4.74 Å². The number of methoxy groups -OCH3 is 1. The molecule has 0 unspecified atom stereocenters. The van der Waals surface area contributed by atoms with E-state index in [4.69, 9.17) is 9.47 Å². The summed E-state index contributed by atoms with van der Waals surface area (Å²) in [5, 5.41) is 6.60. The fourth-order valence-corrected chi connectivity index (χ4v) is 3.03. The van der Waals surface area contributed by atoms with Crippen molar-refractivity contribution in [2.75, 3.05) is 38.7 Å². The standard InChI is InChI=1S/C19H20FN5O2.H2S/c1-26-17-3-2-12(8-14(17)20)15-9-16-18(23-5-4-22-16)19(25-15)24-11-13-10-21-6-7-27-13;/h2-5,8-9,13,21H,6-7,10-11H2,1H3,(H,24,25);1H2/t13-;/m0./s1. The highest BCUT2D eigenvalue weighted by molar-refractivity contribution is 7.59. The number of pyridine rings is 1. The summed E-state index contributed by atoms with van der Waals surface area (Å²) < 4.78 is 24.8. The molecule has 1 fully saturated rings. The van der Waals surface area contributed by atoms with E-state index in [1.807, 2.05) is 0 Å². The van der Waals surface area contributed by atoms with Crippen LogP contribution in [0.15, 0.2) is 36.7 Å². The number of morpholine rings is 1. The molecule has 1 aliphatic heterocycles. The van der Waals surface area contributed by atoms with Gasteiger partial charge in [0.15, 0.2) is 17.4 Å². The molecule has 1 saturated heterocycles. The van der Waals surface area contributed by atoms with E-state index >= 15 is 0 Å². The number of nitrogens with one attached hydrogen (secondary N) is 2. The van der Waals surface area contributed by atoms with E-state index in [2.05, 4.69) is 25.6 Å². The van der Waals surface area contributed by atoms with Gasteiger partial charge in [0.25, 0.3) is 0 Å². The SMILES string of the molecule is COc1ccc(-c2cc3nccnc3c(NC[C@@H]3CNCCO3)n2)cc1F.S. The molecule has 28 heavy (non-hydrogen) atoms. The van der Waals surface area contributed by atoms with Gasteiger partial charge in [0.1, 0.15) is 5.52 Å². The number of rotatable bonds is 5. The number of halogens is 1. The number of hydrogen-bond acceptors (Lipinski definition) is 7. The van der Waals surface area contributed by atoms with Crippen LogP contribution in [-0.4, -0.2) is 54.4 Å². The lowest BCUT2D eigenvalue weighted by Crippen LogP contribution is -2.42. The molecule has 0 radical (unpaired) electrons. The second kappa shape index (κ2) is 9.13. The van der Waals surface area contributed by atoms with Crippen LogP contribution in [0.1, 0.15) is 0 Å². The van der Waals surface area contributed by atoms with Crippen LogP contribution >= 0.6 is 13.5 Å². The normalized spacial score (nSPS) is 16.4. The Morgan fingerprint density at radius 1 is 1.29 bits per heavy atom. The van der Waals surface area contributed by atoms with Crippen LogP contribution < -0.4 is 15.4 Å². The summed E-state index contributed by atoms with van der Waals surface area (Å²) in [6, 6.07) is 6.56. The third kappa shape index (κ3) is 4.32. The molecule has 0 spiro atoms. The van der Waals surface area contributed by atoms with Crippen molar-refractivity contribution >= 4 is 30.3 Å². The van der Waals surface area contributed by atoms with Crippen LogP contribution in [0, 0.1) is 5.82 Å². The van der Waals surface area contributed by atoms with Gasteiger partial charge in [-0.1, -0.05) is 0 Å². The Kier molecular flexibility index (Phi) is 6.61. The topological polar surface area (TPSA) is 81.2 Å². The predicted octanol–water partition coefficient (Wildman–Crippen LogP) is 2.35. The minimum Gasteiger partial charge on any atom is -0.494 e. The number of hydrogen-bond donors (Lipinski definition) is 2. The first kappa shape index (κ1) is 20.2. The third-order valence-corrected chi connectivity index (χ3v) is 4.41. The molecule has 1 atom stereocenters. The molecule has 4 rings (SSSR count). The fourth-order valence-electron chi connectivity index (χ4n) is 3.03. The largest absolute Gasteiger partial charge is 0.494 e. The lowest BCUT2D eigenvalue weighted by atomic mass is 10.1. The minimum atomic E-state index is -0.438. The van der Waals surface area contributed by atoms with Gasteiger partial charge < -0.3 is 20.1 Å². The molecule has 1 aromatic carbocycles. The molecule has 2 N–H and O–H groups in total. The molecular formula is C19H22FN5O2S. The van der Waals surface area contributed by atoms with Crippen molar-refractivity contribution in [1.82, 2.24) is 20.3 Å². The van der Waals surface area contributed by atoms with Crippen molar-refractivity contribution in [3.63, 3.8) is 0 Å². The molecule has 9 heteroatoms. The summed E-state index contributed by atoms with van der Waals surface area (Å²) in [4.78, 5) is 13.4. The minimum absolute atomic E-state index is 0. The maximum atomic E-state index is 14.1. The average molecular weight is 403 g/mol. The number of aromatic nitrogens is 3. The first-order valence-electron chi connectivity index (χ1n) is 8.76. The second-order valence-corrected chi connectivity index (χ2v) is 6.21. The lowest BCUT2D eigenvalue weighted by molar-refractivity contribution is 0.0372. The van der Waals surface area contributed by atoms with Crippen molar-refractivity contribution in [3.05, 3.63) is 42.5 Å². The molecule has 148 valence electrons. The first-order chi connectivity index (χ1) is 13.2. The monoisotopic (exact) mass is 403 g/mol. The van der Waals surface area contributed by atoms with Gasteiger partial charge in [0.2, 0.25) is 0 Å². The summed E-state index contributed by atoms with van der Waals surface area (Å²) in [6.07, 6.45) is 3.30. The molecule has 3 heterocycles. The fraction of sp³-hybridized carbons (Fsp3) is 0.316. The van der Waals surface area contributed by atoms with E-state index in [1.165, 1.54) is 13.2 Å². The van der Waals surface area contributed by atoms with Gasteiger partial charge in [-0.15, -0.1) is 0 Å². The van der Waals surface area contributed by atoms with Crippen LogP contribution in [0.5, 0.6) is 5.75 Å². The van der Waals surface area contributed by atoms with Crippen molar-refractivity contribution in [3.8, 4) is 17.0 Å². The molecule has 0 saturated carbocycles. The van der Waals surface area contributed by atoms with E-state index in [-0.39, 0.29) is 25.3 Å². The van der Waals surface area contributed by atoms with Crippen molar-refractivity contribution in [1.29, 1.82) is 0 Å². The Labute approximate surface area is 169 Å². The molecule has 0 bridgehead atoms. The molecule has 0 amide bonds. The highest BCUT2D eigenvalue weighted by atomic mass is 32.1. The summed E-state index contributed by atoms with van der Waals surface area (Å²) in [7, 11) is 1.44. The van der Waals surface area contributed by atoms with Crippen LogP contribution in [0.25, 0.3) is 22.3 Å². The van der Waals surface area contributed by atoms with E-state index in [0.29, 0.717) is 41.3 Å². The van der Waals surface area contributed by atoms with Gasteiger partial charge in [-0.3, -0.25) is 4.98 Å². The Bertz CT molecular complexity index is 953. The maximum Gasteiger partial charge on any atom is 0.165 e. The molecule has 0 aliphatic carbocycles. The zero-order valence-electron chi connectivity index (χ0n) is 15.4. The number of fused-ring (bicyclic) bond motifs is 1. The van der Waals surface area contributed by atoms with E-state index in [0.717, 1.165) is 13.1 Å². The highest BCUT2D eigenvalue weighted by Gasteiger charge is 2.16. The average Bonchev–Trinajstić information content (AvgIpc) is 2.72. The van der Waals surface area contributed by atoms with E-state index in [9.17, 15) is 4.39 Å². The molecule has 3 aromatic rings. The summed E-state index contributed by atoms with van der Waals surface area (Å²) in [5.41, 5.74) is 2.59. The van der Waals surface area contributed by atoms with Gasteiger partial charge in [0.05, 0.1) is 31.0 Å². The summed E-state index contributed by atoms with van der Waals surface area (Å²) in [5.74, 6) is 0.354. The van der Waals surface area contributed by atoms with E-state index < -0.39 is 5.82 Å². The zero-order chi connectivity index (χ0) is 18.6. The molecular weight excluding hydrogens is 381 g/mol. The second-order valence-electron chi connectivity index (χ2n) is 6.21. The van der Waals surface area contributed by atoms with Gasteiger partial charge in [-0.25, -0.2) is 14.4 Å². The Morgan fingerprint density at radius 3 is 2.89 bits per heavy atom. The van der Waals surface area contributed by atoms with Crippen LogP contribution in [0.2, 0.25) is 0 Å². The summed E-state index contributed by atoms with van der Waals surface area (Å²) >= 11 is 0. The number of ether oxygens (including phenoxy) is 2. The van der Waals surface area contributed by atoms with Crippen LogP contribution in [0.4, 0.5) is 10.2 Å². The predicted molar refractivity (Wildman–Crippen MR) is 111 cm³/mol. The van der Waals surface area contributed by atoms with Gasteiger partial charge in [-0.05, 0) is 24.3 Å².